The number of carbonyl (C=O) groups excluding carboxylic acids is 1. The number of nitrogens with zero attached hydrogens (tertiary/aromatic N) is 1. The van der Waals surface area contributed by atoms with Crippen LogP contribution in [0.25, 0.3) is 0 Å². The number of ether oxygens (including phenoxy) is 1. The molecule has 20 heavy (non-hydrogen) atoms. The molecule has 1 unspecified atom stereocenters. The molecule has 0 saturated carbocycles. The Kier molecular flexibility index (Phi) is 5.38. The third-order valence-electron chi connectivity index (χ3n) is 3.73. The van der Waals surface area contributed by atoms with E-state index in [-0.39, 0.29) is 18.6 Å². The predicted octanol–water partition coefficient (Wildman–Crippen LogP) is 0.768. The van der Waals surface area contributed by atoms with Crippen LogP contribution >= 0.6 is 0 Å². The van der Waals surface area contributed by atoms with Crippen molar-refractivity contribution in [2.75, 3.05) is 26.8 Å². The summed E-state index contributed by atoms with van der Waals surface area (Å²) in [5.41, 5.74) is 0.962. The minimum atomic E-state index is -0.0174. The van der Waals surface area contributed by atoms with Crippen LogP contribution in [0.5, 0.6) is 5.75 Å². The van der Waals surface area contributed by atoms with Gasteiger partial charge in [-0.3, -0.25) is 9.69 Å². The van der Waals surface area contributed by atoms with Gasteiger partial charge in [0.05, 0.1) is 20.3 Å². The van der Waals surface area contributed by atoms with E-state index < -0.39 is 0 Å². The van der Waals surface area contributed by atoms with Crippen molar-refractivity contribution in [3.63, 3.8) is 0 Å². The average Bonchev–Trinajstić information content (AvgIpc) is 2.92. The van der Waals surface area contributed by atoms with E-state index in [0.29, 0.717) is 13.1 Å². The number of hydrogen-bond acceptors (Lipinski definition) is 4. The molecule has 1 amide bonds. The lowest BCUT2D eigenvalue weighted by Crippen LogP contribution is -2.40. The number of benzene rings is 1. The van der Waals surface area contributed by atoms with Crippen molar-refractivity contribution in [3.05, 3.63) is 29.8 Å². The Morgan fingerprint density at radius 1 is 1.50 bits per heavy atom. The van der Waals surface area contributed by atoms with Gasteiger partial charge in [-0.05, 0) is 25.5 Å². The normalized spacial score (nSPS) is 19.0. The molecule has 1 aromatic rings. The Morgan fingerprint density at radius 3 is 3.05 bits per heavy atom. The van der Waals surface area contributed by atoms with Crippen LogP contribution in [0.3, 0.4) is 0 Å². The summed E-state index contributed by atoms with van der Waals surface area (Å²) >= 11 is 0. The second kappa shape index (κ2) is 7.26. The van der Waals surface area contributed by atoms with E-state index in [1.54, 1.807) is 7.11 Å². The van der Waals surface area contributed by atoms with E-state index in [1.807, 2.05) is 29.2 Å². The molecule has 0 spiro atoms. The first-order valence-electron chi connectivity index (χ1n) is 6.98. The molecule has 1 atom stereocenters. The highest BCUT2D eigenvalue weighted by Gasteiger charge is 2.25. The number of amides is 1. The van der Waals surface area contributed by atoms with E-state index >= 15 is 0 Å². The van der Waals surface area contributed by atoms with Gasteiger partial charge in [0.15, 0.2) is 0 Å². The summed E-state index contributed by atoms with van der Waals surface area (Å²) in [6.07, 6.45) is 2.02. The lowest BCUT2D eigenvalue weighted by molar-refractivity contribution is -0.122. The molecule has 1 aromatic carbocycles. The molecular formula is C15H22N2O3. The number of aliphatic hydroxyl groups excluding tert-OH is 1. The maximum Gasteiger partial charge on any atom is 0.234 e. The van der Waals surface area contributed by atoms with Crippen LogP contribution in [-0.4, -0.2) is 48.8 Å². The summed E-state index contributed by atoms with van der Waals surface area (Å²) in [5.74, 6) is 0.762. The summed E-state index contributed by atoms with van der Waals surface area (Å²) in [6, 6.07) is 7.77. The fraction of sp³-hybridized carbons (Fsp3) is 0.533. The molecule has 0 bridgehead atoms. The van der Waals surface area contributed by atoms with Crippen molar-refractivity contribution in [1.82, 2.24) is 10.2 Å². The van der Waals surface area contributed by atoms with Crippen molar-refractivity contribution in [3.8, 4) is 5.75 Å². The average molecular weight is 278 g/mol. The highest BCUT2D eigenvalue weighted by molar-refractivity contribution is 5.78. The molecule has 1 saturated heterocycles. The van der Waals surface area contributed by atoms with E-state index in [2.05, 4.69) is 5.32 Å². The topological polar surface area (TPSA) is 61.8 Å². The molecular weight excluding hydrogens is 256 g/mol. The summed E-state index contributed by atoms with van der Waals surface area (Å²) in [5, 5.41) is 12.1. The first-order valence-corrected chi connectivity index (χ1v) is 6.98. The van der Waals surface area contributed by atoms with Gasteiger partial charge in [-0.1, -0.05) is 18.2 Å². The number of nitrogens with one attached hydrogen (secondary N) is 1. The molecule has 1 heterocycles. The van der Waals surface area contributed by atoms with Gasteiger partial charge in [0, 0.05) is 18.2 Å². The molecule has 2 N–H and O–H groups in total. The first kappa shape index (κ1) is 14.8. The SMILES string of the molecule is COc1ccccc1CNC(=O)CN1CCCC1CO. The Labute approximate surface area is 119 Å². The molecule has 110 valence electrons. The largest absolute Gasteiger partial charge is 0.496 e. The van der Waals surface area contributed by atoms with Crippen LogP contribution in [0.1, 0.15) is 18.4 Å². The van der Waals surface area contributed by atoms with Crippen LogP contribution in [0.15, 0.2) is 24.3 Å². The molecule has 1 aliphatic rings. The molecule has 1 aliphatic heterocycles. The van der Waals surface area contributed by atoms with Crippen molar-refractivity contribution in [2.24, 2.45) is 0 Å². The summed E-state index contributed by atoms with van der Waals surface area (Å²) < 4.78 is 5.25. The number of carbonyl (C=O) groups is 1. The summed E-state index contributed by atoms with van der Waals surface area (Å²) in [6.45, 7) is 1.81. The van der Waals surface area contributed by atoms with E-state index in [4.69, 9.17) is 4.74 Å². The summed E-state index contributed by atoms with van der Waals surface area (Å²) in [7, 11) is 1.62. The molecule has 1 fully saturated rings. The molecule has 5 heteroatoms. The standard InChI is InChI=1S/C15H22N2O3/c1-20-14-7-3-2-5-12(14)9-16-15(19)10-17-8-4-6-13(17)11-18/h2-3,5,7,13,18H,4,6,8-11H2,1H3,(H,16,19). The van der Waals surface area contributed by atoms with Gasteiger partial charge in [0.2, 0.25) is 5.91 Å². The van der Waals surface area contributed by atoms with Gasteiger partial charge in [-0.2, -0.15) is 0 Å². The fourth-order valence-corrected chi connectivity index (χ4v) is 2.59. The predicted molar refractivity (Wildman–Crippen MR) is 76.5 cm³/mol. The van der Waals surface area contributed by atoms with Gasteiger partial charge >= 0.3 is 0 Å². The number of hydrogen-bond donors (Lipinski definition) is 2. The maximum atomic E-state index is 12.0. The fourth-order valence-electron chi connectivity index (χ4n) is 2.59. The third-order valence-corrected chi connectivity index (χ3v) is 3.73. The van der Waals surface area contributed by atoms with Gasteiger partial charge in [-0.15, -0.1) is 0 Å². The zero-order valence-electron chi connectivity index (χ0n) is 11.8. The van der Waals surface area contributed by atoms with Crippen LogP contribution in [0.4, 0.5) is 0 Å². The lowest BCUT2D eigenvalue weighted by atomic mass is 10.2. The zero-order valence-corrected chi connectivity index (χ0v) is 11.8. The van der Waals surface area contributed by atoms with E-state index in [0.717, 1.165) is 30.7 Å². The van der Waals surface area contributed by atoms with E-state index in [9.17, 15) is 9.90 Å². The molecule has 0 aromatic heterocycles. The Bertz CT molecular complexity index is 450. The number of para-hydroxylation sites is 1. The van der Waals surface area contributed by atoms with Gasteiger partial charge in [0.1, 0.15) is 5.75 Å². The molecule has 5 nitrogen and oxygen atoms in total. The van der Waals surface area contributed by atoms with Crippen molar-refractivity contribution < 1.29 is 14.6 Å². The minimum absolute atomic E-state index is 0.0174. The van der Waals surface area contributed by atoms with Crippen molar-refractivity contribution in [2.45, 2.75) is 25.4 Å². The second-order valence-corrected chi connectivity index (χ2v) is 5.04. The number of rotatable bonds is 6. The van der Waals surface area contributed by atoms with Crippen LogP contribution in [-0.2, 0) is 11.3 Å². The van der Waals surface area contributed by atoms with Crippen molar-refractivity contribution >= 4 is 5.91 Å². The highest BCUT2D eigenvalue weighted by Crippen LogP contribution is 2.17. The first-order chi connectivity index (χ1) is 9.74. The van der Waals surface area contributed by atoms with Crippen LogP contribution < -0.4 is 10.1 Å². The second-order valence-electron chi connectivity index (χ2n) is 5.04. The Hall–Kier alpha value is -1.59. The summed E-state index contributed by atoms with van der Waals surface area (Å²) in [4.78, 5) is 14.0. The lowest BCUT2D eigenvalue weighted by Gasteiger charge is -2.21. The highest BCUT2D eigenvalue weighted by atomic mass is 16.5. The monoisotopic (exact) mass is 278 g/mol. The number of aliphatic hydroxyl groups is 1. The van der Waals surface area contributed by atoms with Gasteiger partial charge in [-0.25, -0.2) is 0 Å². The van der Waals surface area contributed by atoms with Crippen molar-refractivity contribution in [1.29, 1.82) is 0 Å². The smallest absolute Gasteiger partial charge is 0.234 e. The molecule has 0 radical (unpaired) electrons. The molecule has 2 rings (SSSR count). The maximum absolute atomic E-state index is 12.0. The van der Waals surface area contributed by atoms with Gasteiger partial charge < -0.3 is 15.2 Å². The Balaban J connectivity index is 1.83. The van der Waals surface area contributed by atoms with Crippen LogP contribution in [0.2, 0.25) is 0 Å². The number of methoxy groups -OCH3 is 1. The molecule has 0 aliphatic carbocycles. The zero-order chi connectivity index (χ0) is 14.4. The van der Waals surface area contributed by atoms with E-state index in [1.165, 1.54) is 0 Å². The van der Waals surface area contributed by atoms with Crippen LogP contribution in [0, 0.1) is 0 Å². The third kappa shape index (κ3) is 3.71. The quantitative estimate of drug-likeness (QED) is 0.807. The van der Waals surface area contributed by atoms with Gasteiger partial charge in [0.25, 0.3) is 0 Å². The minimum Gasteiger partial charge on any atom is -0.496 e. The number of likely N-dealkylation sites (tertiary alicyclic amines) is 1. The Morgan fingerprint density at radius 2 is 2.30 bits per heavy atom.